The van der Waals surface area contributed by atoms with Crippen molar-refractivity contribution in [2.75, 3.05) is 26.3 Å². The predicted octanol–water partition coefficient (Wildman–Crippen LogP) is 1.21. The van der Waals surface area contributed by atoms with Gasteiger partial charge in [0, 0.05) is 19.0 Å². The fraction of sp³-hybridized carbons (Fsp3) is 0.769. The van der Waals surface area contributed by atoms with Gasteiger partial charge >= 0.3 is 5.97 Å². The minimum atomic E-state index is -0.754. The third-order valence-electron chi connectivity index (χ3n) is 3.05. The van der Waals surface area contributed by atoms with Crippen LogP contribution in [0.5, 0.6) is 0 Å². The molecule has 0 amide bonds. The molecule has 0 spiro atoms. The summed E-state index contributed by atoms with van der Waals surface area (Å²) in [5, 5.41) is 9.14. The van der Waals surface area contributed by atoms with Crippen molar-refractivity contribution in [1.29, 1.82) is 0 Å². The third-order valence-corrected chi connectivity index (χ3v) is 3.05. The van der Waals surface area contributed by atoms with Gasteiger partial charge in [-0.2, -0.15) is 0 Å². The Morgan fingerprint density at radius 2 is 2.24 bits per heavy atom. The summed E-state index contributed by atoms with van der Waals surface area (Å²) in [5.74, 6) is 4.74. The fourth-order valence-electron chi connectivity index (χ4n) is 2.19. The van der Waals surface area contributed by atoms with Gasteiger partial charge in [0.2, 0.25) is 0 Å². The second-order valence-corrected chi connectivity index (χ2v) is 4.26. The molecule has 1 rings (SSSR count). The van der Waals surface area contributed by atoms with Crippen LogP contribution in [0, 0.1) is 17.8 Å². The van der Waals surface area contributed by atoms with Gasteiger partial charge in [-0.05, 0) is 19.9 Å². The maximum Gasteiger partial charge on any atom is 0.310 e. The van der Waals surface area contributed by atoms with Crippen molar-refractivity contribution >= 4 is 5.97 Å². The first kappa shape index (κ1) is 14.0. The van der Waals surface area contributed by atoms with Crippen LogP contribution in [0.4, 0.5) is 0 Å². The van der Waals surface area contributed by atoms with Gasteiger partial charge in [-0.25, -0.2) is 0 Å². The second kappa shape index (κ2) is 7.31. The lowest BCUT2D eigenvalue weighted by atomic mass is 10.0. The van der Waals surface area contributed by atoms with Gasteiger partial charge in [0.15, 0.2) is 0 Å². The number of nitrogens with zero attached hydrogens (tertiary/aromatic N) is 1. The van der Waals surface area contributed by atoms with Crippen molar-refractivity contribution in [2.24, 2.45) is 5.92 Å². The molecular formula is C13H21NO3. The zero-order chi connectivity index (χ0) is 12.7. The Morgan fingerprint density at radius 3 is 2.82 bits per heavy atom. The molecular weight excluding hydrogens is 218 g/mol. The summed E-state index contributed by atoms with van der Waals surface area (Å²) in [6.07, 6.45) is 1.81. The van der Waals surface area contributed by atoms with Crippen molar-refractivity contribution in [3.05, 3.63) is 0 Å². The minimum absolute atomic E-state index is 0.00565. The van der Waals surface area contributed by atoms with Crippen LogP contribution in [0.1, 0.15) is 26.7 Å². The molecule has 1 saturated heterocycles. The molecule has 0 aliphatic carbocycles. The lowest BCUT2D eigenvalue weighted by Crippen LogP contribution is -2.44. The summed E-state index contributed by atoms with van der Waals surface area (Å²) in [6.45, 7) is 6.51. The normalized spacial score (nSPS) is 23.5. The van der Waals surface area contributed by atoms with Crippen LogP contribution >= 0.6 is 0 Å². The molecule has 1 aliphatic heterocycles. The standard InChI is InChI=1S/C13H21NO3/c1-3-5-6-8-14(7-4-2)12-10-17-9-11(12)13(15)16/h11-12H,4,6-10H2,1-2H3,(H,15,16). The van der Waals surface area contributed by atoms with E-state index in [-0.39, 0.29) is 6.04 Å². The average molecular weight is 239 g/mol. The Kier molecular flexibility index (Phi) is 6.03. The number of aliphatic carboxylic acids is 1. The number of carbonyl (C=O) groups is 1. The first-order valence-electron chi connectivity index (χ1n) is 6.14. The highest BCUT2D eigenvalue weighted by Gasteiger charge is 2.37. The molecule has 4 nitrogen and oxygen atoms in total. The summed E-state index contributed by atoms with van der Waals surface area (Å²) in [4.78, 5) is 13.3. The number of hydrogen-bond donors (Lipinski definition) is 1. The van der Waals surface area contributed by atoms with E-state index in [4.69, 9.17) is 9.84 Å². The molecule has 0 aromatic rings. The minimum Gasteiger partial charge on any atom is -0.481 e. The average Bonchev–Trinajstić information content (AvgIpc) is 2.77. The molecule has 0 aromatic heterocycles. The topological polar surface area (TPSA) is 49.8 Å². The Hall–Kier alpha value is -1.05. The molecule has 1 fully saturated rings. The Bertz CT molecular complexity index is 306. The molecule has 2 atom stereocenters. The van der Waals surface area contributed by atoms with Crippen molar-refractivity contribution in [3.63, 3.8) is 0 Å². The number of hydrogen-bond acceptors (Lipinski definition) is 3. The first-order valence-corrected chi connectivity index (χ1v) is 6.14. The van der Waals surface area contributed by atoms with Gasteiger partial charge in [0.25, 0.3) is 0 Å². The summed E-state index contributed by atoms with van der Waals surface area (Å²) >= 11 is 0. The van der Waals surface area contributed by atoms with Crippen LogP contribution < -0.4 is 0 Å². The molecule has 1 aliphatic rings. The van der Waals surface area contributed by atoms with Gasteiger partial charge in [-0.3, -0.25) is 9.69 Å². The predicted molar refractivity (Wildman–Crippen MR) is 65.7 cm³/mol. The molecule has 0 aromatic carbocycles. The summed E-state index contributed by atoms with van der Waals surface area (Å²) in [6, 6.07) is 0.00565. The van der Waals surface area contributed by atoms with E-state index in [2.05, 4.69) is 23.7 Å². The zero-order valence-corrected chi connectivity index (χ0v) is 10.6. The first-order chi connectivity index (χ1) is 8.20. The quantitative estimate of drug-likeness (QED) is 0.708. The number of carboxylic acid groups (broad SMARTS) is 1. The number of rotatable bonds is 6. The Morgan fingerprint density at radius 1 is 1.47 bits per heavy atom. The van der Waals surface area contributed by atoms with Gasteiger partial charge in [0.1, 0.15) is 0 Å². The van der Waals surface area contributed by atoms with E-state index < -0.39 is 11.9 Å². The van der Waals surface area contributed by atoms with E-state index in [0.29, 0.717) is 13.2 Å². The largest absolute Gasteiger partial charge is 0.481 e. The van der Waals surface area contributed by atoms with E-state index >= 15 is 0 Å². The van der Waals surface area contributed by atoms with E-state index in [1.165, 1.54) is 0 Å². The van der Waals surface area contributed by atoms with Gasteiger partial charge < -0.3 is 9.84 Å². The van der Waals surface area contributed by atoms with Gasteiger partial charge in [-0.1, -0.05) is 6.92 Å². The van der Waals surface area contributed by atoms with E-state index in [0.717, 1.165) is 25.9 Å². The van der Waals surface area contributed by atoms with E-state index in [1.807, 2.05) is 6.92 Å². The maximum absolute atomic E-state index is 11.1. The van der Waals surface area contributed by atoms with Crippen LogP contribution in [0.3, 0.4) is 0 Å². The highest BCUT2D eigenvalue weighted by molar-refractivity contribution is 5.71. The smallest absolute Gasteiger partial charge is 0.310 e. The molecule has 0 radical (unpaired) electrons. The fourth-order valence-corrected chi connectivity index (χ4v) is 2.19. The SMILES string of the molecule is CC#CCCN(CCC)C1COCC1C(=O)O. The zero-order valence-electron chi connectivity index (χ0n) is 10.6. The molecule has 4 heteroatoms. The van der Waals surface area contributed by atoms with E-state index in [9.17, 15) is 4.79 Å². The lowest BCUT2D eigenvalue weighted by molar-refractivity contribution is -0.143. The highest BCUT2D eigenvalue weighted by Crippen LogP contribution is 2.20. The third kappa shape index (κ3) is 4.03. The Balaban J connectivity index is 2.60. The van der Waals surface area contributed by atoms with Crippen LogP contribution in [-0.4, -0.2) is 48.3 Å². The monoisotopic (exact) mass is 239 g/mol. The molecule has 0 saturated carbocycles. The van der Waals surface area contributed by atoms with Crippen molar-refractivity contribution in [2.45, 2.75) is 32.7 Å². The van der Waals surface area contributed by atoms with Gasteiger partial charge in [-0.15, -0.1) is 11.8 Å². The van der Waals surface area contributed by atoms with Crippen molar-refractivity contribution < 1.29 is 14.6 Å². The molecule has 0 bridgehead atoms. The lowest BCUT2D eigenvalue weighted by Gasteiger charge is -2.29. The maximum atomic E-state index is 11.1. The van der Waals surface area contributed by atoms with Crippen LogP contribution in [0.15, 0.2) is 0 Å². The molecule has 1 heterocycles. The summed E-state index contributed by atoms with van der Waals surface area (Å²) in [7, 11) is 0. The molecule has 2 unspecified atom stereocenters. The van der Waals surface area contributed by atoms with Crippen molar-refractivity contribution in [1.82, 2.24) is 4.90 Å². The van der Waals surface area contributed by atoms with Crippen LogP contribution in [0.2, 0.25) is 0 Å². The molecule has 96 valence electrons. The van der Waals surface area contributed by atoms with E-state index in [1.54, 1.807) is 0 Å². The molecule has 1 N–H and O–H groups in total. The highest BCUT2D eigenvalue weighted by atomic mass is 16.5. The van der Waals surface area contributed by atoms with Gasteiger partial charge in [0.05, 0.1) is 19.1 Å². The Labute approximate surface area is 103 Å². The summed E-state index contributed by atoms with van der Waals surface area (Å²) in [5.41, 5.74) is 0. The number of carboxylic acids is 1. The van der Waals surface area contributed by atoms with Crippen molar-refractivity contribution in [3.8, 4) is 11.8 Å². The summed E-state index contributed by atoms with van der Waals surface area (Å²) < 4.78 is 5.31. The second-order valence-electron chi connectivity index (χ2n) is 4.26. The van der Waals surface area contributed by atoms with Crippen LogP contribution in [0.25, 0.3) is 0 Å². The van der Waals surface area contributed by atoms with Crippen LogP contribution in [-0.2, 0) is 9.53 Å². The number of ether oxygens (including phenoxy) is 1. The molecule has 17 heavy (non-hydrogen) atoms.